The molecular weight excluding hydrogens is 190 g/mol. The van der Waals surface area contributed by atoms with Gasteiger partial charge in [0.1, 0.15) is 0 Å². The number of nitrogens with zero attached hydrogens (tertiary/aromatic N) is 1. The summed E-state index contributed by atoms with van der Waals surface area (Å²) in [5.41, 5.74) is 13.7. The normalized spacial score (nSPS) is 22.9. The molecule has 4 N–H and O–H groups in total. The second-order valence-corrected chi connectivity index (χ2v) is 3.99. The van der Waals surface area contributed by atoms with E-state index in [2.05, 4.69) is 4.98 Å². The molecule has 0 bridgehead atoms. The van der Waals surface area contributed by atoms with Crippen LogP contribution in [0.5, 0.6) is 0 Å². The minimum absolute atomic E-state index is 0.0269. The lowest BCUT2D eigenvalue weighted by atomic mass is 10.0. The third kappa shape index (κ3) is 2.46. The van der Waals surface area contributed by atoms with Crippen LogP contribution in [0.4, 0.5) is 5.69 Å². The minimum atomic E-state index is 0.0269. The first-order chi connectivity index (χ1) is 7.27. The zero-order valence-corrected chi connectivity index (χ0v) is 8.73. The molecule has 1 aromatic rings. The maximum absolute atomic E-state index is 6.07. The summed E-state index contributed by atoms with van der Waals surface area (Å²) in [6.07, 6.45) is 6.57. The van der Waals surface area contributed by atoms with Crippen molar-refractivity contribution in [2.45, 2.75) is 31.4 Å². The van der Waals surface area contributed by atoms with E-state index in [-0.39, 0.29) is 12.1 Å². The van der Waals surface area contributed by atoms with Gasteiger partial charge in [-0.3, -0.25) is 4.98 Å². The van der Waals surface area contributed by atoms with Gasteiger partial charge in [-0.15, -0.1) is 0 Å². The van der Waals surface area contributed by atoms with E-state index in [1.807, 2.05) is 0 Å². The maximum Gasteiger partial charge on any atom is 0.0730 e. The summed E-state index contributed by atoms with van der Waals surface area (Å²) in [4.78, 5) is 4.05. The van der Waals surface area contributed by atoms with E-state index in [9.17, 15) is 0 Å². The van der Waals surface area contributed by atoms with Gasteiger partial charge in [-0.05, 0) is 30.9 Å². The van der Waals surface area contributed by atoms with Crippen LogP contribution in [0, 0.1) is 0 Å². The van der Waals surface area contributed by atoms with E-state index in [1.165, 1.54) is 0 Å². The molecule has 0 amide bonds. The number of rotatable bonds is 3. The van der Waals surface area contributed by atoms with Crippen molar-refractivity contribution in [3.63, 3.8) is 0 Å². The summed E-state index contributed by atoms with van der Waals surface area (Å²) in [5, 5.41) is 0. The Hall–Kier alpha value is -1.13. The summed E-state index contributed by atoms with van der Waals surface area (Å²) < 4.78 is 5.54. The van der Waals surface area contributed by atoms with Crippen LogP contribution in [0.1, 0.15) is 18.4 Å². The van der Waals surface area contributed by atoms with Gasteiger partial charge in [0.2, 0.25) is 0 Å². The molecule has 2 rings (SSSR count). The van der Waals surface area contributed by atoms with Gasteiger partial charge in [-0.1, -0.05) is 0 Å². The summed E-state index contributed by atoms with van der Waals surface area (Å²) in [6.45, 7) is 0.834. The highest BCUT2D eigenvalue weighted by molar-refractivity contribution is 5.44. The second-order valence-electron chi connectivity index (χ2n) is 3.99. The predicted octanol–water partition coefficient (Wildman–Crippen LogP) is 0.713. The summed E-state index contributed by atoms with van der Waals surface area (Å²) in [5.74, 6) is 0. The standard InChI is InChI=1S/C11H17N3O/c12-9-3-4-14-7-8(9)6-10(13)11-2-1-5-15-11/h3-4,7,10-11H,1-2,5-6,13H2,(H2,12,14). The van der Waals surface area contributed by atoms with Crippen molar-refractivity contribution in [1.29, 1.82) is 0 Å². The molecule has 0 aromatic carbocycles. The van der Waals surface area contributed by atoms with Crippen LogP contribution >= 0.6 is 0 Å². The SMILES string of the molecule is Nc1ccncc1CC(N)C1CCCO1. The molecule has 0 radical (unpaired) electrons. The molecule has 1 aliphatic rings. The number of nitrogens with two attached hydrogens (primary N) is 2. The molecule has 4 heteroatoms. The molecule has 2 heterocycles. The third-order valence-electron chi connectivity index (χ3n) is 2.84. The monoisotopic (exact) mass is 207 g/mol. The van der Waals surface area contributed by atoms with Crippen LogP contribution in [0.15, 0.2) is 18.5 Å². The van der Waals surface area contributed by atoms with Gasteiger partial charge in [0.05, 0.1) is 6.10 Å². The Labute approximate surface area is 89.6 Å². The molecule has 1 fully saturated rings. The quantitative estimate of drug-likeness (QED) is 0.765. The molecule has 0 saturated carbocycles. The summed E-state index contributed by atoms with van der Waals surface area (Å²) in [6, 6.07) is 1.83. The number of pyridine rings is 1. The Balaban J connectivity index is 1.99. The average molecular weight is 207 g/mol. The fourth-order valence-corrected chi connectivity index (χ4v) is 1.93. The van der Waals surface area contributed by atoms with Crippen molar-refractivity contribution in [2.24, 2.45) is 5.73 Å². The van der Waals surface area contributed by atoms with Gasteiger partial charge in [-0.25, -0.2) is 0 Å². The lowest BCUT2D eigenvalue weighted by Crippen LogP contribution is -2.36. The molecule has 1 aromatic heterocycles. The van der Waals surface area contributed by atoms with E-state index in [4.69, 9.17) is 16.2 Å². The highest BCUT2D eigenvalue weighted by Gasteiger charge is 2.23. The molecule has 1 aliphatic heterocycles. The number of nitrogen functional groups attached to an aromatic ring is 1. The van der Waals surface area contributed by atoms with E-state index >= 15 is 0 Å². The first kappa shape index (κ1) is 10.4. The first-order valence-electron chi connectivity index (χ1n) is 5.33. The van der Waals surface area contributed by atoms with Crippen LogP contribution in [0.2, 0.25) is 0 Å². The molecule has 0 spiro atoms. The van der Waals surface area contributed by atoms with Crippen molar-refractivity contribution in [3.05, 3.63) is 24.0 Å². The lowest BCUT2D eigenvalue weighted by Gasteiger charge is -2.18. The van der Waals surface area contributed by atoms with Gasteiger partial charge >= 0.3 is 0 Å². The largest absolute Gasteiger partial charge is 0.398 e. The highest BCUT2D eigenvalue weighted by atomic mass is 16.5. The van der Waals surface area contributed by atoms with Crippen LogP contribution in [-0.2, 0) is 11.2 Å². The highest BCUT2D eigenvalue weighted by Crippen LogP contribution is 2.19. The molecule has 2 unspecified atom stereocenters. The van der Waals surface area contributed by atoms with E-state index < -0.39 is 0 Å². The average Bonchev–Trinajstić information content (AvgIpc) is 2.74. The third-order valence-corrected chi connectivity index (χ3v) is 2.84. The predicted molar refractivity (Wildman–Crippen MR) is 59.3 cm³/mol. The van der Waals surface area contributed by atoms with Gasteiger partial charge < -0.3 is 16.2 Å². The molecule has 15 heavy (non-hydrogen) atoms. The van der Waals surface area contributed by atoms with Crippen molar-refractivity contribution in [3.8, 4) is 0 Å². The topological polar surface area (TPSA) is 74.2 Å². The Morgan fingerprint density at radius 3 is 3.13 bits per heavy atom. The van der Waals surface area contributed by atoms with Gasteiger partial charge in [-0.2, -0.15) is 0 Å². The summed E-state index contributed by atoms with van der Waals surface area (Å²) >= 11 is 0. The Kier molecular flexibility index (Phi) is 3.18. The number of hydrogen-bond acceptors (Lipinski definition) is 4. The van der Waals surface area contributed by atoms with Crippen LogP contribution in [0.3, 0.4) is 0 Å². The van der Waals surface area contributed by atoms with E-state index in [0.29, 0.717) is 0 Å². The van der Waals surface area contributed by atoms with Gasteiger partial charge in [0, 0.05) is 30.7 Å². The van der Waals surface area contributed by atoms with Crippen LogP contribution in [-0.4, -0.2) is 23.7 Å². The first-order valence-corrected chi connectivity index (χ1v) is 5.33. The van der Waals surface area contributed by atoms with Gasteiger partial charge in [0.25, 0.3) is 0 Å². The zero-order valence-electron chi connectivity index (χ0n) is 8.73. The van der Waals surface area contributed by atoms with Crippen LogP contribution < -0.4 is 11.5 Å². The Morgan fingerprint density at radius 1 is 1.60 bits per heavy atom. The Bertz CT molecular complexity index is 323. The van der Waals surface area contributed by atoms with Gasteiger partial charge in [0.15, 0.2) is 0 Å². The smallest absolute Gasteiger partial charge is 0.0730 e. The van der Waals surface area contributed by atoms with Crippen molar-refractivity contribution < 1.29 is 4.74 Å². The van der Waals surface area contributed by atoms with E-state index in [0.717, 1.165) is 37.1 Å². The second kappa shape index (κ2) is 4.59. The summed E-state index contributed by atoms with van der Waals surface area (Å²) in [7, 11) is 0. The maximum atomic E-state index is 6.07. The molecule has 2 atom stereocenters. The molecule has 0 aliphatic carbocycles. The Morgan fingerprint density at radius 2 is 2.47 bits per heavy atom. The number of ether oxygens (including phenoxy) is 1. The molecule has 4 nitrogen and oxygen atoms in total. The zero-order chi connectivity index (χ0) is 10.7. The number of anilines is 1. The fraction of sp³-hybridized carbons (Fsp3) is 0.545. The number of hydrogen-bond donors (Lipinski definition) is 2. The van der Waals surface area contributed by atoms with Crippen molar-refractivity contribution in [2.75, 3.05) is 12.3 Å². The fourth-order valence-electron chi connectivity index (χ4n) is 1.93. The molecule has 1 saturated heterocycles. The minimum Gasteiger partial charge on any atom is -0.398 e. The van der Waals surface area contributed by atoms with Crippen molar-refractivity contribution in [1.82, 2.24) is 4.98 Å². The van der Waals surface area contributed by atoms with E-state index in [1.54, 1.807) is 18.5 Å². The van der Waals surface area contributed by atoms with Crippen molar-refractivity contribution >= 4 is 5.69 Å². The molecule has 82 valence electrons. The lowest BCUT2D eigenvalue weighted by molar-refractivity contribution is 0.0900. The number of aromatic nitrogens is 1. The molecular formula is C11H17N3O. The van der Waals surface area contributed by atoms with Crippen LogP contribution in [0.25, 0.3) is 0 Å².